The Bertz CT molecular complexity index is 802. The lowest BCUT2D eigenvalue weighted by Crippen LogP contribution is -2.10. The summed E-state index contributed by atoms with van der Waals surface area (Å²) in [6, 6.07) is 12.3. The van der Waals surface area contributed by atoms with Crippen molar-refractivity contribution in [1.82, 2.24) is 14.8 Å². The van der Waals surface area contributed by atoms with Gasteiger partial charge in [-0.1, -0.05) is 56.8 Å². The minimum absolute atomic E-state index is 0.105. The second-order valence-electron chi connectivity index (χ2n) is 6.87. The van der Waals surface area contributed by atoms with E-state index in [1.54, 1.807) is 6.26 Å². The predicted molar refractivity (Wildman–Crippen MR) is 99.8 cm³/mol. The Labute approximate surface area is 152 Å². The van der Waals surface area contributed by atoms with Crippen LogP contribution in [0.1, 0.15) is 32.1 Å². The number of thioether (sulfide) groups is 1. The van der Waals surface area contributed by atoms with E-state index in [2.05, 4.69) is 55.2 Å². The molecule has 0 aliphatic carbocycles. The summed E-state index contributed by atoms with van der Waals surface area (Å²) in [7, 11) is 0. The van der Waals surface area contributed by atoms with E-state index in [-0.39, 0.29) is 12.0 Å². The van der Waals surface area contributed by atoms with Gasteiger partial charge >= 0.3 is 0 Å². The molecule has 0 bridgehead atoms. The molecule has 0 saturated carbocycles. The first-order valence-electron chi connectivity index (χ1n) is 8.29. The smallest absolute Gasteiger partial charge is 0.192 e. The number of hydrogen-bond acceptors (Lipinski definition) is 5. The Morgan fingerprint density at radius 3 is 2.48 bits per heavy atom. The van der Waals surface area contributed by atoms with E-state index in [9.17, 15) is 0 Å². The summed E-state index contributed by atoms with van der Waals surface area (Å²) in [5.41, 5.74) is 2.41. The molecule has 0 fully saturated rings. The van der Waals surface area contributed by atoms with Crippen molar-refractivity contribution in [2.75, 3.05) is 12.4 Å². The van der Waals surface area contributed by atoms with Crippen LogP contribution in [-0.2, 0) is 12.0 Å². The van der Waals surface area contributed by atoms with Crippen molar-refractivity contribution in [3.05, 3.63) is 54.0 Å². The molecular weight excluding hydrogens is 334 g/mol. The summed E-state index contributed by atoms with van der Waals surface area (Å²) in [6.45, 7) is 7.26. The van der Waals surface area contributed by atoms with Gasteiger partial charge in [0.2, 0.25) is 0 Å². The predicted octanol–water partition coefficient (Wildman–Crippen LogP) is 3.97. The molecule has 0 saturated heterocycles. The van der Waals surface area contributed by atoms with Gasteiger partial charge in [-0.3, -0.25) is 4.57 Å². The van der Waals surface area contributed by atoms with Crippen molar-refractivity contribution in [2.24, 2.45) is 0 Å². The van der Waals surface area contributed by atoms with Crippen LogP contribution in [-0.4, -0.2) is 32.2 Å². The number of nitrogens with zero attached hydrogens (tertiary/aromatic N) is 3. The van der Waals surface area contributed by atoms with E-state index in [1.165, 1.54) is 17.3 Å². The van der Waals surface area contributed by atoms with Gasteiger partial charge in [0.25, 0.3) is 0 Å². The monoisotopic (exact) mass is 357 g/mol. The number of aromatic nitrogens is 3. The summed E-state index contributed by atoms with van der Waals surface area (Å²) < 4.78 is 7.52. The summed E-state index contributed by atoms with van der Waals surface area (Å²) >= 11 is 1.49. The standard InChI is InChI=1S/C19H23N3O2S/c1-19(2,3)15-8-6-14(7-9-15)17-20-21-18(25-12-10-23)22(17)13-16-5-4-11-24-16/h4-9,11,23H,10,12-13H2,1-3H3. The normalized spacial score (nSPS) is 11.8. The molecule has 6 heteroatoms. The van der Waals surface area contributed by atoms with Gasteiger partial charge in [0.15, 0.2) is 11.0 Å². The molecule has 1 aromatic carbocycles. The van der Waals surface area contributed by atoms with E-state index in [4.69, 9.17) is 9.52 Å². The third-order valence-electron chi connectivity index (χ3n) is 3.94. The molecule has 0 unspecified atom stereocenters. The van der Waals surface area contributed by atoms with Crippen LogP contribution in [0.5, 0.6) is 0 Å². The first-order chi connectivity index (χ1) is 12.0. The molecule has 132 valence electrons. The molecule has 5 nitrogen and oxygen atoms in total. The number of hydrogen-bond donors (Lipinski definition) is 1. The van der Waals surface area contributed by atoms with Gasteiger partial charge in [0.1, 0.15) is 5.76 Å². The topological polar surface area (TPSA) is 64.1 Å². The minimum atomic E-state index is 0.105. The molecule has 0 amide bonds. The minimum Gasteiger partial charge on any atom is -0.467 e. The fourth-order valence-corrected chi connectivity index (χ4v) is 3.25. The van der Waals surface area contributed by atoms with Crippen LogP contribution >= 0.6 is 11.8 Å². The van der Waals surface area contributed by atoms with Crippen LogP contribution in [0.15, 0.2) is 52.2 Å². The number of aliphatic hydroxyl groups excluding tert-OH is 1. The van der Waals surface area contributed by atoms with Crippen LogP contribution < -0.4 is 0 Å². The van der Waals surface area contributed by atoms with Crippen molar-refractivity contribution in [3.63, 3.8) is 0 Å². The zero-order valence-corrected chi connectivity index (χ0v) is 15.6. The fraction of sp³-hybridized carbons (Fsp3) is 0.368. The van der Waals surface area contributed by atoms with Crippen LogP contribution in [0.4, 0.5) is 0 Å². The highest BCUT2D eigenvalue weighted by Crippen LogP contribution is 2.28. The highest BCUT2D eigenvalue weighted by Gasteiger charge is 2.17. The highest BCUT2D eigenvalue weighted by atomic mass is 32.2. The lowest BCUT2D eigenvalue weighted by molar-refractivity contribution is 0.322. The van der Waals surface area contributed by atoms with E-state index in [0.29, 0.717) is 12.3 Å². The molecule has 0 aliphatic rings. The molecular formula is C19H23N3O2S. The first kappa shape index (κ1) is 17.8. The largest absolute Gasteiger partial charge is 0.467 e. The van der Waals surface area contributed by atoms with Gasteiger partial charge in [0.05, 0.1) is 19.4 Å². The number of aliphatic hydroxyl groups is 1. The second kappa shape index (κ2) is 7.45. The molecule has 1 N–H and O–H groups in total. The van der Waals surface area contributed by atoms with Gasteiger partial charge < -0.3 is 9.52 Å². The van der Waals surface area contributed by atoms with Crippen molar-refractivity contribution in [1.29, 1.82) is 0 Å². The van der Waals surface area contributed by atoms with Gasteiger partial charge in [-0.15, -0.1) is 10.2 Å². The quantitative estimate of drug-likeness (QED) is 0.676. The van der Waals surface area contributed by atoms with Gasteiger partial charge in [0, 0.05) is 11.3 Å². The molecule has 25 heavy (non-hydrogen) atoms. The number of benzene rings is 1. The van der Waals surface area contributed by atoms with Crippen molar-refractivity contribution in [3.8, 4) is 11.4 Å². The summed E-state index contributed by atoms with van der Waals surface area (Å²) in [5.74, 6) is 2.23. The average molecular weight is 357 g/mol. The highest BCUT2D eigenvalue weighted by molar-refractivity contribution is 7.99. The molecule has 0 spiro atoms. The molecule has 2 aromatic heterocycles. The second-order valence-corrected chi connectivity index (χ2v) is 7.93. The molecule has 0 atom stereocenters. The van der Waals surface area contributed by atoms with E-state index >= 15 is 0 Å². The van der Waals surface area contributed by atoms with Crippen LogP contribution in [0.25, 0.3) is 11.4 Å². The lowest BCUT2D eigenvalue weighted by atomic mass is 9.87. The molecule has 0 radical (unpaired) electrons. The van der Waals surface area contributed by atoms with Crippen molar-refractivity contribution >= 4 is 11.8 Å². The van der Waals surface area contributed by atoms with Crippen molar-refractivity contribution < 1.29 is 9.52 Å². The Hall–Kier alpha value is -2.05. The van der Waals surface area contributed by atoms with Crippen LogP contribution in [0.3, 0.4) is 0 Å². The summed E-state index contributed by atoms with van der Waals surface area (Å²) in [5, 5.41) is 18.6. The zero-order chi connectivity index (χ0) is 17.9. The van der Waals surface area contributed by atoms with E-state index in [1.807, 2.05) is 16.7 Å². The Balaban J connectivity index is 1.96. The van der Waals surface area contributed by atoms with Crippen LogP contribution in [0, 0.1) is 0 Å². The average Bonchev–Trinajstić information content (AvgIpc) is 3.23. The van der Waals surface area contributed by atoms with Gasteiger partial charge in [-0.2, -0.15) is 0 Å². The fourth-order valence-electron chi connectivity index (χ4n) is 2.57. The lowest BCUT2D eigenvalue weighted by Gasteiger charge is -2.19. The first-order valence-corrected chi connectivity index (χ1v) is 9.28. The Morgan fingerprint density at radius 1 is 1.12 bits per heavy atom. The maximum Gasteiger partial charge on any atom is 0.192 e. The number of rotatable bonds is 6. The zero-order valence-electron chi connectivity index (χ0n) is 14.8. The molecule has 2 heterocycles. The third-order valence-corrected chi connectivity index (χ3v) is 4.89. The molecule has 0 aliphatic heterocycles. The SMILES string of the molecule is CC(C)(C)c1ccc(-c2nnc(SCCO)n2Cc2ccco2)cc1. The third kappa shape index (κ3) is 4.14. The van der Waals surface area contributed by atoms with Gasteiger partial charge in [-0.05, 0) is 23.1 Å². The molecule has 3 rings (SSSR count). The maximum atomic E-state index is 9.11. The van der Waals surface area contributed by atoms with E-state index < -0.39 is 0 Å². The van der Waals surface area contributed by atoms with Gasteiger partial charge in [-0.25, -0.2) is 0 Å². The Morgan fingerprint density at radius 2 is 1.88 bits per heavy atom. The molecule has 3 aromatic rings. The summed E-state index contributed by atoms with van der Waals surface area (Å²) in [6.07, 6.45) is 1.66. The Kier molecular flexibility index (Phi) is 5.30. The van der Waals surface area contributed by atoms with Crippen molar-refractivity contribution in [2.45, 2.75) is 37.9 Å². The van der Waals surface area contributed by atoms with E-state index in [0.717, 1.165) is 22.3 Å². The van der Waals surface area contributed by atoms with Crippen LogP contribution in [0.2, 0.25) is 0 Å². The summed E-state index contributed by atoms with van der Waals surface area (Å²) in [4.78, 5) is 0. The maximum absolute atomic E-state index is 9.11. The number of furan rings is 1.